The average Bonchev–Trinajstić information content (AvgIpc) is 2.90. The van der Waals surface area contributed by atoms with Gasteiger partial charge in [0.05, 0.1) is 0 Å². The Bertz CT molecular complexity index is 585. The van der Waals surface area contributed by atoms with Crippen LogP contribution in [0.3, 0.4) is 0 Å². The second-order valence-corrected chi connectivity index (χ2v) is 4.75. The second kappa shape index (κ2) is 9.39. The van der Waals surface area contributed by atoms with Crippen molar-refractivity contribution >= 4 is 29.9 Å². The lowest BCUT2D eigenvalue weighted by Crippen LogP contribution is -2.38. The van der Waals surface area contributed by atoms with Gasteiger partial charge in [0.2, 0.25) is 5.89 Å². The quantitative estimate of drug-likeness (QED) is 0.462. The Hall–Kier alpha value is -1.64. The van der Waals surface area contributed by atoms with Gasteiger partial charge in [0, 0.05) is 20.1 Å². The molecule has 0 aliphatic heterocycles. The number of aryl methyl sites for hydroxylation is 1. The Morgan fingerprint density at radius 3 is 2.64 bits per heavy atom. The van der Waals surface area contributed by atoms with Crippen LogP contribution in [0.15, 0.2) is 39.8 Å². The molecule has 2 aromatic rings. The van der Waals surface area contributed by atoms with E-state index in [1.165, 1.54) is 5.56 Å². The standard InChI is InChI=1S/C15H21N5O.HI/c1-4-16-15(17-10-14-18-12(2)19-21-14)20(3)11-13-8-6-5-7-9-13;/h5-9H,4,10-11H2,1-3H3,(H,16,17);1H. The van der Waals surface area contributed by atoms with Crippen LogP contribution in [0.25, 0.3) is 0 Å². The van der Waals surface area contributed by atoms with Gasteiger partial charge in [0.15, 0.2) is 11.8 Å². The monoisotopic (exact) mass is 415 g/mol. The van der Waals surface area contributed by atoms with Crippen molar-refractivity contribution in [1.82, 2.24) is 20.4 Å². The highest BCUT2D eigenvalue weighted by Crippen LogP contribution is 2.04. The van der Waals surface area contributed by atoms with Crippen LogP contribution in [0.2, 0.25) is 0 Å². The normalized spacial score (nSPS) is 11.0. The van der Waals surface area contributed by atoms with E-state index in [-0.39, 0.29) is 24.0 Å². The van der Waals surface area contributed by atoms with Gasteiger partial charge in [0.1, 0.15) is 6.54 Å². The number of nitrogens with one attached hydrogen (secondary N) is 1. The summed E-state index contributed by atoms with van der Waals surface area (Å²) in [7, 11) is 2.01. The first-order valence-corrected chi connectivity index (χ1v) is 7.01. The summed E-state index contributed by atoms with van der Waals surface area (Å²) in [5, 5.41) is 7.03. The van der Waals surface area contributed by atoms with Crippen LogP contribution < -0.4 is 5.32 Å². The van der Waals surface area contributed by atoms with Crippen molar-refractivity contribution in [2.24, 2.45) is 4.99 Å². The number of guanidine groups is 1. The molecule has 1 aromatic heterocycles. The Morgan fingerprint density at radius 1 is 1.32 bits per heavy atom. The van der Waals surface area contributed by atoms with Crippen LogP contribution in [0.4, 0.5) is 0 Å². The molecule has 0 unspecified atom stereocenters. The highest BCUT2D eigenvalue weighted by atomic mass is 127. The molecule has 1 aromatic carbocycles. The van der Waals surface area contributed by atoms with Crippen molar-refractivity contribution in [2.45, 2.75) is 26.9 Å². The summed E-state index contributed by atoms with van der Waals surface area (Å²) < 4.78 is 5.08. The molecule has 2 rings (SSSR count). The predicted octanol–water partition coefficient (Wildman–Crippen LogP) is 2.59. The molecule has 120 valence electrons. The Labute approximate surface area is 148 Å². The lowest BCUT2D eigenvalue weighted by molar-refractivity contribution is 0.375. The maximum atomic E-state index is 5.08. The van der Waals surface area contributed by atoms with Gasteiger partial charge in [0.25, 0.3) is 0 Å². The predicted molar refractivity (Wildman–Crippen MR) is 97.2 cm³/mol. The van der Waals surface area contributed by atoms with Gasteiger partial charge < -0.3 is 14.7 Å². The molecule has 0 saturated carbocycles. The van der Waals surface area contributed by atoms with E-state index in [1.54, 1.807) is 6.92 Å². The first kappa shape index (κ1) is 18.4. The molecule has 1 N–H and O–H groups in total. The smallest absolute Gasteiger partial charge is 0.248 e. The summed E-state index contributed by atoms with van der Waals surface area (Å²) in [5.74, 6) is 1.97. The van der Waals surface area contributed by atoms with Crippen molar-refractivity contribution in [3.8, 4) is 0 Å². The van der Waals surface area contributed by atoms with Crippen LogP contribution in [-0.4, -0.2) is 34.6 Å². The minimum atomic E-state index is 0. The van der Waals surface area contributed by atoms with E-state index >= 15 is 0 Å². The van der Waals surface area contributed by atoms with Crippen LogP contribution >= 0.6 is 24.0 Å². The molecule has 0 saturated heterocycles. The largest absolute Gasteiger partial charge is 0.357 e. The molecule has 0 amide bonds. The summed E-state index contributed by atoms with van der Waals surface area (Å²) in [6, 6.07) is 10.3. The summed E-state index contributed by atoms with van der Waals surface area (Å²) in [4.78, 5) is 10.8. The molecule has 0 radical (unpaired) electrons. The highest BCUT2D eigenvalue weighted by molar-refractivity contribution is 14.0. The number of benzene rings is 1. The molecule has 0 fully saturated rings. The maximum absolute atomic E-state index is 5.08. The summed E-state index contributed by atoms with van der Waals surface area (Å²) in [6.07, 6.45) is 0. The van der Waals surface area contributed by atoms with Crippen LogP contribution in [0.5, 0.6) is 0 Å². The summed E-state index contributed by atoms with van der Waals surface area (Å²) in [5.41, 5.74) is 1.24. The molecule has 1 heterocycles. The SMILES string of the molecule is CCNC(=NCc1nc(C)no1)N(C)Cc1ccccc1.I. The Balaban J connectivity index is 0.00000242. The van der Waals surface area contributed by atoms with E-state index in [4.69, 9.17) is 4.52 Å². The molecule has 0 bridgehead atoms. The topological polar surface area (TPSA) is 66.5 Å². The molecule has 6 nitrogen and oxygen atoms in total. The van der Waals surface area contributed by atoms with Gasteiger partial charge in [-0.2, -0.15) is 4.98 Å². The van der Waals surface area contributed by atoms with Crippen LogP contribution in [0, 0.1) is 6.92 Å². The van der Waals surface area contributed by atoms with E-state index in [2.05, 4.69) is 37.5 Å². The van der Waals surface area contributed by atoms with E-state index in [0.717, 1.165) is 19.0 Å². The van der Waals surface area contributed by atoms with Crippen molar-refractivity contribution in [3.63, 3.8) is 0 Å². The average molecular weight is 415 g/mol. The van der Waals surface area contributed by atoms with Gasteiger partial charge in [-0.3, -0.25) is 0 Å². The number of aromatic nitrogens is 2. The van der Waals surface area contributed by atoms with E-state index in [1.807, 2.05) is 32.2 Å². The Kier molecular flexibility index (Phi) is 7.86. The van der Waals surface area contributed by atoms with Gasteiger partial charge in [-0.25, -0.2) is 4.99 Å². The molecule has 0 atom stereocenters. The van der Waals surface area contributed by atoms with Crippen LogP contribution in [0.1, 0.15) is 24.2 Å². The first-order chi connectivity index (χ1) is 10.2. The number of halogens is 1. The molecule has 0 aliphatic rings. The second-order valence-electron chi connectivity index (χ2n) is 4.75. The fourth-order valence-corrected chi connectivity index (χ4v) is 1.95. The van der Waals surface area contributed by atoms with Gasteiger partial charge in [-0.15, -0.1) is 24.0 Å². The zero-order chi connectivity index (χ0) is 15.1. The maximum Gasteiger partial charge on any atom is 0.248 e. The number of nitrogens with zero attached hydrogens (tertiary/aromatic N) is 4. The summed E-state index contributed by atoms with van der Waals surface area (Å²) in [6.45, 7) is 5.81. The Morgan fingerprint density at radius 2 is 2.05 bits per heavy atom. The number of rotatable bonds is 5. The fraction of sp³-hybridized carbons (Fsp3) is 0.400. The van der Waals surface area contributed by atoms with E-state index < -0.39 is 0 Å². The van der Waals surface area contributed by atoms with Crippen molar-refractivity contribution in [2.75, 3.05) is 13.6 Å². The van der Waals surface area contributed by atoms with Crippen molar-refractivity contribution < 1.29 is 4.52 Å². The summed E-state index contributed by atoms with van der Waals surface area (Å²) >= 11 is 0. The minimum Gasteiger partial charge on any atom is -0.357 e. The van der Waals surface area contributed by atoms with E-state index in [0.29, 0.717) is 18.3 Å². The third-order valence-electron chi connectivity index (χ3n) is 2.89. The molecular formula is C15H22IN5O. The molecule has 22 heavy (non-hydrogen) atoms. The van der Waals surface area contributed by atoms with Gasteiger partial charge in [-0.1, -0.05) is 35.5 Å². The first-order valence-electron chi connectivity index (χ1n) is 7.01. The molecule has 0 aliphatic carbocycles. The lowest BCUT2D eigenvalue weighted by atomic mass is 10.2. The lowest BCUT2D eigenvalue weighted by Gasteiger charge is -2.21. The number of hydrogen-bond donors (Lipinski definition) is 1. The minimum absolute atomic E-state index is 0. The van der Waals surface area contributed by atoms with Crippen molar-refractivity contribution in [3.05, 3.63) is 47.6 Å². The van der Waals surface area contributed by atoms with Gasteiger partial charge in [-0.05, 0) is 19.4 Å². The third kappa shape index (κ3) is 5.63. The molecular weight excluding hydrogens is 393 g/mol. The number of aliphatic imine (C=N–C) groups is 1. The third-order valence-corrected chi connectivity index (χ3v) is 2.89. The van der Waals surface area contributed by atoms with Crippen molar-refractivity contribution in [1.29, 1.82) is 0 Å². The van der Waals surface area contributed by atoms with Gasteiger partial charge >= 0.3 is 0 Å². The number of hydrogen-bond acceptors (Lipinski definition) is 4. The molecule has 0 spiro atoms. The highest BCUT2D eigenvalue weighted by Gasteiger charge is 2.08. The molecule has 7 heteroatoms. The zero-order valence-corrected chi connectivity index (χ0v) is 15.4. The van der Waals surface area contributed by atoms with E-state index in [9.17, 15) is 0 Å². The zero-order valence-electron chi connectivity index (χ0n) is 13.1. The van der Waals surface area contributed by atoms with Crippen LogP contribution in [-0.2, 0) is 13.1 Å². The fourth-order valence-electron chi connectivity index (χ4n) is 1.95.